The molecule has 1 aromatic carbocycles. The molecule has 1 atom stereocenters. The van der Waals surface area contributed by atoms with Crippen molar-refractivity contribution in [1.82, 2.24) is 14.8 Å². The minimum absolute atomic E-state index is 0.0173. The lowest BCUT2D eigenvalue weighted by Gasteiger charge is -2.40. The molecule has 1 N–H and O–H groups in total. The molecule has 0 bridgehead atoms. The van der Waals surface area contributed by atoms with Crippen molar-refractivity contribution in [1.29, 1.82) is 0 Å². The number of hydrogen-bond donors (Lipinski definition) is 1. The van der Waals surface area contributed by atoms with Crippen LogP contribution in [-0.2, 0) is 10.4 Å². The summed E-state index contributed by atoms with van der Waals surface area (Å²) in [6.07, 6.45) is 1.09. The molecule has 8 nitrogen and oxygen atoms in total. The molecule has 0 radical (unpaired) electrons. The Morgan fingerprint density at radius 3 is 2.18 bits per heavy atom. The van der Waals surface area contributed by atoms with Crippen LogP contribution in [0.5, 0.6) is 5.75 Å². The van der Waals surface area contributed by atoms with Crippen LogP contribution in [-0.4, -0.2) is 84.8 Å². The Bertz CT molecular complexity index is 1330. The highest BCUT2D eigenvalue weighted by molar-refractivity contribution is 5.95. The number of rotatable bonds is 9. The van der Waals surface area contributed by atoms with Crippen LogP contribution >= 0.6 is 0 Å². The number of aliphatic hydroxyl groups is 1. The van der Waals surface area contributed by atoms with Gasteiger partial charge >= 0.3 is 6.18 Å². The molecule has 3 fully saturated rings. The molecule has 3 heterocycles. The highest BCUT2D eigenvalue weighted by atomic mass is 19.4. The molecule has 3 aliphatic rings. The lowest BCUT2D eigenvalue weighted by Crippen LogP contribution is -2.57. The quantitative estimate of drug-likeness (QED) is 0.409. The van der Waals surface area contributed by atoms with Crippen molar-refractivity contribution < 1.29 is 32.6 Å². The molecular weight excluding hydrogens is 573 g/mol. The Kier molecular flexibility index (Phi) is 9.44. The fourth-order valence-corrected chi connectivity index (χ4v) is 6.59. The SMILES string of the molecule is CCOc1cccc(C(O)(C(=O)N2CCC(CC3CCN(c4ccc(C(=O)N(C)C)c(C5CC5)n4)CC3)CC2)C(F)(F)F)c1. The van der Waals surface area contributed by atoms with Gasteiger partial charge in [0.05, 0.1) is 17.9 Å². The molecular formula is C33H43F3N4O4. The maximum atomic E-state index is 14.2. The number of aromatic nitrogens is 1. The topological polar surface area (TPSA) is 86.2 Å². The number of carbonyl (C=O) groups excluding carboxylic acids is 2. The number of likely N-dealkylation sites (tertiary alicyclic amines) is 1. The van der Waals surface area contributed by atoms with E-state index in [1.165, 1.54) is 12.1 Å². The van der Waals surface area contributed by atoms with Gasteiger partial charge in [-0.3, -0.25) is 9.59 Å². The van der Waals surface area contributed by atoms with Crippen molar-refractivity contribution >= 4 is 17.6 Å². The van der Waals surface area contributed by atoms with Gasteiger partial charge in [0.25, 0.3) is 17.4 Å². The van der Waals surface area contributed by atoms with Gasteiger partial charge in [0, 0.05) is 51.8 Å². The van der Waals surface area contributed by atoms with Crippen LogP contribution in [0.1, 0.15) is 79.4 Å². The van der Waals surface area contributed by atoms with Crippen LogP contribution in [0.15, 0.2) is 36.4 Å². The molecule has 1 aromatic heterocycles. The summed E-state index contributed by atoms with van der Waals surface area (Å²) in [4.78, 5) is 35.9. The number of nitrogens with zero attached hydrogens (tertiary/aromatic N) is 4. The van der Waals surface area contributed by atoms with Crippen molar-refractivity contribution in [2.45, 2.75) is 69.6 Å². The van der Waals surface area contributed by atoms with E-state index in [1.807, 2.05) is 12.1 Å². The molecule has 44 heavy (non-hydrogen) atoms. The molecule has 0 spiro atoms. The predicted octanol–water partition coefficient (Wildman–Crippen LogP) is 5.35. The first-order valence-electron chi connectivity index (χ1n) is 15.7. The van der Waals surface area contributed by atoms with Gasteiger partial charge in [-0.2, -0.15) is 13.2 Å². The molecule has 2 saturated heterocycles. The molecule has 11 heteroatoms. The zero-order valence-corrected chi connectivity index (χ0v) is 25.8. The molecule has 240 valence electrons. The van der Waals surface area contributed by atoms with Crippen LogP contribution in [0.3, 0.4) is 0 Å². The lowest BCUT2D eigenvalue weighted by atomic mass is 9.82. The Balaban J connectivity index is 1.15. The maximum Gasteiger partial charge on any atom is 0.430 e. The fourth-order valence-electron chi connectivity index (χ4n) is 6.59. The average Bonchev–Trinajstić information content (AvgIpc) is 3.86. The van der Waals surface area contributed by atoms with E-state index >= 15 is 0 Å². The highest BCUT2D eigenvalue weighted by Crippen LogP contribution is 2.43. The number of hydrogen-bond acceptors (Lipinski definition) is 6. The number of amides is 2. The van der Waals surface area contributed by atoms with E-state index in [4.69, 9.17) is 9.72 Å². The van der Waals surface area contributed by atoms with Crippen LogP contribution in [0.25, 0.3) is 0 Å². The Labute approximate surface area is 257 Å². The third-order valence-corrected chi connectivity index (χ3v) is 9.30. The molecule has 2 amide bonds. The van der Waals surface area contributed by atoms with Crippen molar-refractivity contribution in [3.8, 4) is 5.75 Å². The number of benzene rings is 1. The summed E-state index contributed by atoms with van der Waals surface area (Å²) >= 11 is 0. The van der Waals surface area contributed by atoms with E-state index in [1.54, 1.807) is 25.9 Å². The average molecular weight is 617 g/mol. The van der Waals surface area contributed by atoms with E-state index in [2.05, 4.69) is 4.90 Å². The van der Waals surface area contributed by atoms with Crippen LogP contribution < -0.4 is 9.64 Å². The number of piperidine rings is 2. The van der Waals surface area contributed by atoms with Crippen molar-refractivity contribution in [3.63, 3.8) is 0 Å². The van der Waals surface area contributed by atoms with Gasteiger partial charge in [0.2, 0.25) is 0 Å². The summed E-state index contributed by atoms with van der Waals surface area (Å²) in [5.74, 6) is 0.892. The fraction of sp³-hybridized carbons (Fsp3) is 0.606. The second-order valence-electron chi connectivity index (χ2n) is 12.6. The Hall–Kier alpha value is -3.34. The number of pyridine rings is 1. The maximum absolute atomic E-state index is 14.2. The van der Waals surface area contributed by atoms with Gasteiger partial charge in [-0.15, -0.1) is 0 Å². The van der Waals surface area contributed by atoms with Crippen LogP contribution in [0.4, 0.5) is 19.0 Å². The molecule has 5 rings (SSSR count). The van der Waals surface area contributed by atoms with Gasteiger partial charge in [-0.05, 0) is 88.0 Å². The monoisotopic (exact) mass is 616 g/mol. The molecule has 1 saturated carbocycles. The van der Waals surface area contributed by atoms with Gasteiger partial charge < -0.3 is 24.5 Å². The largest absolute Gasteiger partial charge is 0.494 e. The molecule has 1 unspecified atom stereocenters. The smallest absolute Gasteiger partial charge is 0.430 e. The van der Waals surface area contributed by atoms with E-state index < -0.39 is 23.2 Å². The molecule has 2 aliphatic heterocycles. The van der Waals surface area contributed by atoms with Crippen molar-refractivity contribution in [2.75, 3.05) is 51.8 Å². The minimum Gasteiger partial charge on any atom is -0.494 e. The predicted molar refractivity (Wildman–Crippen MR) is 161 cm³/mol. The van der Waals surface area contributed by atoms with E-state index in [-0.39, 0.29) is 31.4 Å². The van der Waals surface area contributed by atoms with Crippen LogP contribution in [0, 0.1) is 11.8 Å². The second-order valence-corrected chi connectivity index (χ2v) is 12.6. The first-order chi connectivity index (χ1) is 20.9. The third kappa shape index (κ3) is 6.67. The van der Waals surface area contributed by atoms with Crippen molar-refractivity contribution in [2.24, 2.45) is 11.8 Å². The number of halogens is 3. The first kappa shape index (κ1) is 32.1. The summed E-state index contributed by atoms with van der Waals surface area (Å²) in [6, 6.07) is 8.92. The van der Waals surface area contributed by atoms with Crippen molar-refractivity contribution in [3.05, 3.63) is 53.2 Å². The second kappa shape index (κ2) is 12.9. The summed E-state index contributed by atoms with van der Waals surface area (Å²) in [7, 11) is 3.51. The van der Waals surface area contributed by atoms with Crippen LogP contribution in [0.2, 0.25) is 0 Å². The van der Waals surface area contributed by atoms with Gasteiger partial charge in [-0.25, -0.2) is 4.98 Å². The number of anilines is 1. The van der Waals surface area contributed by atoms with E-state index in [9.17, 15) is 27.9 Å². The zero-order chi connectivity index (χ0) is 31.6. The van der Waals surface area contributed by atoms with E-state index in [0.29, 0.717) is 36.2 Å². The first-order valence-corrected chi connectivity index (χ1v) is 15.7. The van der Waals surface area contributed by atoms with Gasteiger partial charge in [0.1, 0.15) is 11.6 Å². The Morgan fingerprint density at radius 1 is 0.977 bits per heavy atom. The number of alkyl halides is 3. The third-order valence-electron chi connectivity index (χ3n) is 9.30. The summed E-state index contributed by atoms with van der Waals surface area (Å²) < 4.78 is 48.0. The molecule has 1 aliphatic carbocycles. The molecule has 2 aromatic rings. The standard InChI is InChI=1S/C33H43F3N4O4/c1-4-44-26-7-5-6-25(21-26)32(43,33(34,35)36)31(42)40-18-14-23(15-19-40)20-22-12-16-39(17-13-22)28-11-10-27(30(41)38(2)3)29(37-28)24-8-9-24/h5-7,10-11,21-24,43H,4,8-9,12-20H2,1-3H3. The zero-order valence-electron chi connectivity index (χ0n) is 25.8. The van der Waals surface area contributed by atoms with Gasteiger partial charge in [-0.1, -0.05) is 12.1 Å². The minimum atomic E-state index is -5.18. The summed E-state index contributed by atoms with van der Waals surface area (Å²) in [5, 5.41) is 10.9. The Morgan fingerprint density at radius 2 is 1.61 bits per heavy atom. The highest BCUT2D eigenvalue weighted by Gasteiger charge is 2.62. The number of ether oxygens (including phenoxy) is 1. The number of carbonyl (C=O) groups is 2. The van der Waals surface area contributed by atoms with E-state index in [0.717, 1.165) is 73.7 Å². The normalized spacial score (nSPS) is 19.9. The van der Waals surface area contributed by atoms with Gasteiger partial charge in [0.15, 0.2) is 0 Å². The summed E-state index contributed by atoms with van der Waals surface area (Å²) in [5.41, 5.74) is -2.57. The lowest BCUT2D eigenvalue weighted by molar-refractivity contribution is -0.262. The summed E-state index contributed by atoms with van der Waals surface area (Å²) in [6.45, 7) is 4.03.